The van der Waals surface area contributed by atoms with Crippen molar-refractivity contribution in [1.29, 1.82) is 0 Å². The minimum absolute atomic E-state index is 0.00138. The average Bonchev–Trinajstić information content (AvgIpc) is 2.97. The van der Waals surface area contributed by atoms with E-state index in [4.69, 9.17) is 4.74 Å². The van der Waals surface area contributed by atoms with Crippen molar-refractivity contribution in [3.8, 4) is 0 Å². The largest absolute Gasteiger partial charge is 0.461 e. The van der Waals surface area contributed by atoms with Gasteiger partial charge in [-0.1, -0.05) is 13.8 Å². The number of thiophene rings is 1. The summed E-state index contributed by atoms with van der Waals surface area (Å²) in [6.07, 6.45) is 8.62. The molecule has 0 aromatic carbocycles. The third-order valence-corrected chi connectivity index (χ3v) is 7.00. The molecule has 0 saturated heterocycles. The SMILES string of the molecule is CC1CCC(OC(=O)Cn2cnc3sc4c(c3c2=O)CCC(C)C4)CC1. The molecule has 2 aromatic rings. The highest BCUT2D eigenvalue weighted by atomic mass is 32.1. The lowest BCUT2D eigenvalue weighted by molar-refractivity contribution is -0.151. The van der Waals surface area contributed by atoms with Crippen molar-refractivity contribution in [2.24, 2.45) is 11.8 Å². The summed E-state index contributed by atoms with van der Waals surface area (Å²) < 4.78 is 7.01. The van der Waals surface area contributed by atoms with Crippen LogP contribution in [0, 0.1) is 11.8 Å². The first-order chi connectivity index (χ1) is 12.5. The van der Waals surface area contributed by atoms with E-state index in [0.29, 0.717) is 11.8 Å². The van der Waals surface area contributed by atoms with Crippen molar-refractivity contribution in [1.82, 2.24) is 9.55 Å². The Balaban J connectivity index is 1.53. The number of carbonyl (C=O) groups is 1. The minimum Gasteiger partial charge on any atom is -0.461 e. The van der Waals surface area contributed by atoms with Crippen LogP contribution in [0.3, 0.4) is 0 Å². The molecule has 1 atom stereocenters. The van der Waals surface area contributed by atoms with Crippen LogP contribution in [0.2, 0.25) is 0 Å². The van der Waals surface area contributed by atoms with Gasteiger partial charge in [-0.25, -0.2) is 4.98 Å². The fraction of sp³-hybridized carbons (Fsp3) is 0.650. The van der Waals surface area contributed by atoms with Crippen LogP contribution in [0.15, 0.2) is 11.1 Å². The van der Waals surface area contributed by atoms with Gasteiger partial charge in [-0.05, 0) is 62.3 Å². The first-order valence-corrected chi connectivity index (χ1v) is 10.5. The molecule has 0 radical (unpaired) electrons. The summed E-state index contributed by atoms with van der Waals surface area (Å²) in [6, 6.07) is 0. The molecule has 0 N–H and O–H groups in total. The van der Waals surface area contributed by atoms with Gasteiger partial charge in [0, 0.05) is 4.88 Å². The zero-order valence-electron chi connectivity index (χ0n) is 15.5. The lowest BCUT2D eigenvalue weighted by Crippen LogP contribution is -2.30. The Hall–Kier alpha value is -1.69. The maximum atomic E-state index is 12.9. The summed E-state index contributed by atoms with van der Waals surface area (Å²) >= 11 is 1.63. The molecule has 0 aliphatic heterocycles. The average molecular weight is 375 g/mol. The Morgan fingerprint density at radius 2 is 2.00 bits per heavy atom. The van der Waals surface area contributed by atoms with Gasteiger partial charge < -0.3 is 4.74 Å². The number of nitrogens with zero attached hydrogens (tertiary/aromatic N) is 2. The monoisotopic (exact) mass is 374 g/mol. The molecular formula is C20H26N2O3S. The molecule has 140 valence electrons. The zero-order valence-corrected chi connectivity index (χ0v) is 16.3. The minimum atomic E-state index is -0.328. The van der Waals surface area contributed by atoms with E-state index in [1.165, 1.54) is 15.8 Å². The van der Waals surface area contributed by atoms with Crippen LogP contribution >= 0.6 is 11.3 Å². The highest BCUT2D eigenvalue weighted by Gasteiger charge is 2.25. The molecule has 6 heteroatoms. The van der Waals surface area contributed by atoms with Crippen molar-refractivity contribution < 1.29 is 9.53 Å². The van der Waals surface area contributed by atoms with Gasteiger partial charge in [0.15, 0.2) is 0 Å². The van der Waals surface area contributed by atoms with Gasteiger partial charge in [-0.3, -0.25) is 14.2 Å². The predicted octanol–water partition coefficient (Wildman–Crippen LogP) is 3.70. The van der Waals surface area contributed by atoms with Crippen LogP contribution in [-0.4, -0.2) is 21.6 Å². The number of hydrogen-bond acceptors (Lipinski definition) is 5. The van der Waals surface area contributed by atoms with E-state index in [0.717, 1.165) is 60.7 Å². The maximum absolute atomic E-state index is 12.9. The molecule has 1 fully saturated rings. The lowest BCUT2D eigenvalue weighted by Gasteiger charge is -2.26. The molecule has 5 nitrogen and oxygen atoms in total. The van der Waals surface area contributed by atoms with Gasteiger partial charge in [0.1, 0.15) is 17.5 Å². The molecule has 0 amide bonds. The highest BCUT2D eigenvalue weighted by molar-refractivity contribution is 7.18. The number of hydrogen-bond donors (Lipinski definition) is 0. The fourth-order valence-corrected chi connectivity index (χ4v) is 5.53. The molecule has 2 heterocycles. The predicted molar refractivity (Wildman–Crippen MR) is 103 cm³/mol. The maximum Gasteiger partial charge on any atom is 0.326 e. The topological polar surface area (TPSA) is 61.2 Å². The normalized spacial score (nSPS) is 25.8. The number of fused-ring (bicyclic) bond motifs is 3. The Morgan fingerprint density at radius 3 is 2.77 bits per heavy atom. The van der Waals surface area contributed by atoms with E-state index in [-0.39, 0.29) is 24.2 Å². The van der Waals surface area contributed by atoms with Crippen LogP contribution in [0.5, 0.6) is 0 Å². The van der Waals surface area contributed by atoms with E-state index in [1.807, 2.05) is 0 Å². The molecule has 4 rings (SSSR count). The number of esters is 1. The van der Waals surface area contributed by atoms with Gasteiger partial charge in [0.25, 0.3) is 5.56 Å². The summed E-state index contributed by atoms with van der Waals surface area (Å²) in [5.74, 6) is 1.04. The molecule has 1 unspecified atom stereocenters. The van der Waals surface area contributed by atoms with Crippen molar-refractivity contribution >= 4 is 27.5 Å². The van der Waals surface area contributed by atoms with Crippen LogP contribution in [-0.2, 0) is 28.9 Å². The first-order valence-electron chi connectivity index (χ1n) is 9.70. The number of rotatable bonds is 3. The molecule has 2 aromatic heterocycles. The van der Waals surface area contributed by atoms with E-state index in [2.05, 4.69) is 18.8 Å². The molecule has 26 heavy (non-hydrogen) atoms. The second-order valence-electron chi connectivity index (χ2n) is 8.08. The molecule has 0 spiro atoms. The first kappa shape index (κ1) is 17.7. The van der Waals surface area contributed by atoms with Crippen molar-refractivity contribution in [3.05, 3.63) is 27.1 Å². The molecular weight excluding hydrogens is 348 g/mol. The van der Waals surface area contributed by atoms with Gasteiger partial charge in [0.05, 0.1) is 11.7 Å². The van der Waals surface area contributed by atoms with E-state index in [1.54, 1.807) is 11.3 Å². The zero-order chi connectivity index (χ0) is 18.3. The summed E-state index contributed by atoms with van der Waals surface area (Å²) in [7, 11) is 0. The van der Waals surface area contributed by atoms with E-state index in [9.17, 15) is 9.59 Å². The van der Waals surface area contributed by atoms with Gasteiger partial charge in [0.2, 0.25) is 0 Å². The third kappa shape index (κ3) is 3.43. The summed E-state index contributed by atoms with van der Waals surface area (Å²) in [6.45, 7) is 4.44. The van der Waals surface area contributed by atoms with Crippen LogP contribution in [0.1, 0.15) is 56.4 Å². The molecule has 2 aliphatic rings. The van der Waals surface area contributed by atoms with Crippen molar-refractivity contribution in [2.45, 2.75) is 71.4 Å². The number of aryl methyl sites for hydroxylation is 1. The Bertz CT molecular complexity index is 877. The smallest absolute Gasteiger partial charge is 0.326 e. The van der Waals surface area contributed by atoms with Crippen molar-refractivity contribution in [3.63, 3.8) is 0 Å². The van der Waals surface area contributed by atoms with E-state index >= 15 is 0 Å². The highest BCUT2D eigenvalue weighted by Crippen LogP contribution is 2.35. The Morgan fingerprint density at radius 1 is 1.23 bits per heavy atom. The van der Waals surface area contributed by atoms with Gasteiger partial charge in [-0.2, -0.15) is 0 Å². The summed E-state index contributed by atoms with van der Waals surface area (Å²) in [4.78, 5) is 31.8. The fourth-order valence-electron chi connectivity index (χ4n) is 4.19. The van der Waals surface area contributed by atoms with Crippen molar-refractivity contribution in [2.75, 3.05) is 0 Å². The number of aromatic nitrogens is 2. The molecule has 1 saturated carbocycles. The second kappa shape index (κ2) is 7.14. The summed E-state index contributed by atoms with van der Waals surface area (Å²) in [5.41, 5.74) is 1.06. The third-order valence-electron chi connectivity index (χ3n) is 5.84. The molecule has 2 aliphatic carbocycles. The Kier molecular flexibility index (Phi) is 4.86. The quantitative estimate of drug-likeness (QED) is 0.769. The van der Waals surface area contributed by atoms with Crippen LogP contribution < -0.4 is 5.56 Å². The number of ether oxygens (including phenoxy) is 1. The standard InChI is InChI=1S/C20H26N2O3S/c1-12-3-6-14(7-4-12)25-17(23)10-22-11-21-19-18(20(22)24)15-8-5-13(2)9-16(15)26-19/h11-14H,3-10H2,1-2H3. The van der Waals surface area contributed by atoms with Gasteiger partial charge >= 0.3 is 5.97 Å². The second-order valence-corrected chi connectivity index (χ2v) is 9.16. The van der Waals surface area contributed by atoms with Gasteiger partial charge in [-0.15, -0.1) is 11.3 Å². The van der Waals surface area contributed by atoms with E-state index < -0.39 is 0 Å². The number of carbonyl (C=O) groups excluding carboxylic acids is 1. The van der Waals surface area contributed by atoms with Crippen LogP contribution in [0.4, 0.5) is 0 Å². The molecule has 0 bridgehead atoms. The summed E-state index contributed by atoms with van der Waals surface area (Å²) in [5, 5.41) is 0.721. The van der Waals surface area contributed by atoms with Crippen LogP contribution in [0.25, 0.3) is 10.2 Å². The Labute approximate surface area is 157 Å². The lowest BCUT2D eigenvalue weighted by atomic mass is 9.89.